The van der Waals surface area contributed by atoms with E-state index in [9.17, 15) is 4.79 Å². The van der Waals surface area contributed by atoms with Gasteiger partial charge in [-0.2, -0.15) is 0 Å². The average molecular weight is 278 g/mol. The van der Waals surface area contributed by atoms with Crippen molar-refractivity contribution in [3.63, 3.8) is 0 Å². The van der Waals surface area contributed by atoms with Crippen molar-refractivity contribution in [3.05, 3.63) is 35.8 Å². The minimum Gasteiger partial charge on any atom is -0.478 e. The van der Waals surface area contributed by atoms with Crippen molar-refractivity contribution in [2.24, 2.45) is 0 Å². The summed E-state index contributed by atoms with van der Waals surface area (Å²) in [6.07, 6.45) is 13.4. The molecule has 0 saturated carbocycles. The number of hydrogen-bond acceptors (Lipinski definition) is 2. The molecule has 1 N–H and O–H groups in total. The highest BCUT2D eigenvalue weighted by atomic mass is 16.4. The third-order valence-corrected chi connectivity index (χ3v) is 3.42. The predicted octanol–water partition coefficient (Wildman–Crippen LogP) is 4.97. The quantitative estimate of drug-likeness (QED) is 0.459. The highest BCUT2D eigenvalue weighted by Crippen LogP contribution is 2.13. The van der Waals surface area contributed by atoms with Gasteiger partial charge in [0.05, 0.1) is 6.26 Å². The summed E-state index contributed by atoms with van der Waals surface area (Å²) < 4.78 is 5.19. The number of aliphatic carboxylic acids is 1. The molecule has 3 nitrogen and oxygen atoms in total. The van der Waals surface area contributed by atoms with Crippen LogP contribution in [0, 0.1) is 0 Å². The van der Waals surface area contributed by atoms with Crippen molar-refractivity contribution < 1.29 is 14.3 Å². The van der Waals surface area contributed by atoms with Crippen molar-refractivity contribution in [1.82, 2.24) is 0 Å². The number of carboxylic acids is 1. The van der Waals surface area contributed by atoms with E-state index in [0.717, 1.165) is 12.8 Å². The van der Waals surface area contributed by atoms with Gasteiger partial charge < -0.3 is 9.52 Å². The zero-order valence-corrected chi connectivity index (χ0v) is 12.4. The lowest BCUT2D eigenvalue weighted by Crippen LogP contribution is -2.03. The Bertz CT molecular complexity index is 390. The second-order valence-corrected chi connectivity index (χ2v) is 5.20. The van der Waals surface area contributed by atoms with Crippen LogP contribution in [0.25, 0.3) is 0 Å². The Balaban J connectivity index is 2.21. The fraction of sp³-hybridized carbons (Fsp3) is 0.588. The highest BCUT2D eigenvalue weighted by molar-refractivity contribution is 5.86. The summed E-state index contributed by atoms with van der Waals surface area (Å²) in [5.41, 5.74) is 0.436. The molecule has 1 aromatic heterocycles. The van der Waals surface area contributed by atoms with Crippen molar-refractivity contribution in [2.75, 3.05) is 0 Å². The Hall–Kier alpha value is -1.51. The highest BCUT2D eigenvalue weighted by Gasteiger charge is 2.09. The summed E-state index contributed by atoms with van der Waals surface area (Å²) in [4.78, 5) is 11.2. The topological polar surface area (TPSA) is 50.4 Å². The molecule has 1 rings (SSSR count). The number of furan rings is 1. The number of unbranched alkanes of at least 4 members (excludes halogenated alkanes) is 7. The number of rotatable bonds is 11. The van der Waals surface area contributed by atoms with E-state index >= 15 is 0 Å². The van der Waals surface area contributed by atoms with E-state index in [0.29, 0.717) is 17.8 Å². The molecular formula is C17H26O3. The molecule has 0 bridgehead atoms. The first-order valence-electron chi connectivity index (χ1n) is 7.68. The lowest BCUT2D eigenvalue weighted by atomic mass is 10.1. The Labute approximate surface area is 121 Å². The molecule has 0 aliphatic heterocycles. The summed E-state index contributed by atoms with van der Waals surface area (Å²) in [5.74, 6) is -0.137. The van der Waals surface area contributed by atoms with Gasteiger partial charge in [0.25, 0.3) is 0 Å². The van der Waals surface area contributed by atoms with Crippen LogP contribution in [-0.2, 0) is 11.2 Å². The van der Waals surface area contributed by atoms with Crippen LogP contribution in [0.15, 0.2) is 34.5 Å². The van der Waals surface area contributed by atoms with E-state index in [1.165, 1.54) is 38.5 Å². The van der Waals surface area contributed by atoms with Gasteiger partial charge in [0.15, 0.2) is 0 Å². The molecule has 0 atom stereocenters. The molecule has 1 heterocycles. The summed E-state index contributed by atoms with van der Waals surface area (Å²) in [6.45, 7) is 2.22. The van der Waals surface area contributed by atoms with Gasteiger partial charge in [0, 0.05) is 12.0 Å². The summed E-state index contributed by atoms with van der Waals surface area (Å²) in [5, 5.41) is 9.16. The van der Waals surface area contributed by atoms with Crippen LogP contribution in [0.2, 0.25) is 0 Å². The third-order valence-electron chi connectivity index (χ3n) is 3.42. The molecule has 0 aliphatic rings. The van der Waals surface area contributed by atoms with Gasteiger partial charge in [0.2, 0.25) is 0 Å². The van der Waals surface area contributed by atoms with E-state index in [1.54, 1.807) is 12.3 Å². The summed E-state index contributed by atoms with van der Waals surface area (Å²) in [7, 11) is 0. The maximum atomic E-state index is 11.2. The molecule has 0 spiro atoms. The van der Waals surface area contributed by atoms with E-state index in [-0.39, 0.29) is 0 Å². The van der Waals surface area contributed by atoms with Crippen molar-refractivity contribution in [1.29, 1.82) is 0 Å². The van der Waals surface area contributed by atoms with Crippen LogP contribution in [0.5, 0.6) is 0 Å². The van der Waals surface area contributed by atoms with Gasteiger partial charge in [-0.1, -0.05) is 51.5 Å². The van der Waals surface area contributed by atoms with Crippen LogP contribution in [-0.4, -0.2) is 11.1 Å². The van der Waals surface area contributed by atoms with Crippen LogP contribution >= 0.6 is 0 Å². The summed E-state index contributed by atoms with van der Waals surface area (Å²) in [6, 6.07) is 3.59. The Morgan fingerprint density at radius 1 is 1.20 bits per heavy atom. The predicted molar refractivity (Wildman–Crippen MR) is 80.7 cm³/mol. The number of carbonyl (C=O) groups is 1. The first kappa shape index (κ1) is 16.5. The minimum atomic E-state index is -0.843. The Kier molecular flexibility index (Phi) is 8.52. The molecule has 0 radical (unpaired) electrons. The molecule has 3 heteroatoms. The van der Waals surface area contributed by atoms with Gasteiger partial charge in [0.1, 0.15) is 5.76 Å². The number of allylic oxidation sites excluding steroid dienone is 1. The molecule has 0 aromatic carbocycles. The second kappa shape index (κ2) is 10.3. The zero-order valence-electron chi connectivity index (χ0n) is 12.4. The standard InChI is InChI=1S/C17H26O3/c1-2-3-4-5-6-7-8-9-11-15(17(18)19)14-16-12-10-13-20-16/h10-13H,2-9,14H2,1H3,(H,18,19)/b15-11+. The van der Waals surface area contributed by atoms with Gasteiger partial charge >= 0.3 is 5.97 Å². The molecule has 1 aromatic rings. The van der Waals surface area contributed by atoms with Crippen LogP contribution in [0.4, 0.5) is 0 Å². The largest absolute Gasteiger partial charge is 0.478 e. The normalized spacial score (nSPS) is 11.8. The fourth-order valence-electron chi connectivity index (χ4n) is 2.21. The van der Waals surface area contributed by atoms with Gasteiger partial charge in [-0.05, 0) is 25.0 Å². The van der Waals surface area contributed by atoms with E-state index < -0.39 is 5.97 Å². The fourth-order valence-corrected chi connectivity index (χ4v) is 2.21. The molecule has 112 valence electrons. The van der Waals surface area contributed by atoms with E-state index in [2.05, 4.69) is 6.92 Å². The van der Waals surface area contributed by atoms with Crippen molar-refractivity contribution >= 4 is 5.97 Å². The Morgan fingerprint density at radius 3 is 2.50 bits per heavy atom. The molecule has 0 amide bonds. The molecule has 0 unspecified atom stereocenters. The molecule has 20 heavy (non-hydrogen) atoms. The first-order chi connectivity index (χ1) is 9.74. The maximum absolute atomic E-state index is 11.2. The Morgan fingerprint density at radius 2 is 1.90 bits per heavy atom. The third kappa shape index (κ3) is 7.17. The van der Waals surface area contributed by atoms with Gasteiger partial charge in [-0.3, -0.25) is 0 Å². The smallest absolute Gasteiger partial charge is 0.331 e. The van der Waals surface area contributed by atoms with Crippen LogP contribution in [0.1, 0.15) is 64.1 Å². The molecule has 0 saturated heterocycles. The van der Waals surface area contributed by atoms with E-state index in [1.807, 2.05) is 12.1 Å². The summed E-state index contributed by atoms with van der Waals surface area (Å²) >= 11 is 0. The second-order valence-electron chi connectivity index (χ2n) is 5.20. The lowest BCUT2D eigenvalue weighted by Gasteiger charge is -2.02. The van der Waals surface area contributed by atoms with Gasteiger partial charge in [-0.25, -0.2) is 4.79 Å². The monoisotopic (exact) mass is 278 g/mol. The SMILES string of the molecule is CCCCCCCCC/C=C(\Cc1ccco1)C(=O)O. The minimum absolute atomic E-state index is 0.374. The van der Waals surface area contributed by atoms with Gasteiger partial charge in [-0.15, -0.1) is 0 Å². The number of carboxylic acid groups (broad SMARTS) is 1. The lowest BCUT2D eigenvalue weighted by molar-refractivity contribution is -0.132. The molecule has 0 fully saturated rings. The van der Waals surface area contributed by atoms with Crippen LogP contribution in [0.3, 0.4) is 0 Å². The average Bonchev–Trinajstić information content (AvgIpc) is 2.93. The van der Waals surface area contributed by atoms with Crippen molar-refractivity contribution in [3.8, 4) is 0 Å². The zero-order chi connectivity index (χ0) is 14.6. The first-order valence-corrected chi connectivity index (χ1v) is 7.68. The maximum Gasteiger partial charge on any atom is 0.331 e. The number of hydrogen-bond donors (Lipinski definition) is 1. The van der Waals surface area contributed by atoms with Crippen LogP contribution < -0.4 is 0 Å². The van der Waals surface area contributed by atoms with E-state index in [4.69, 9.17) is 9.52 Å². The van der Waals surface area contributed by atoms with Crippen molar-refractivity contribution in [2.45, 2.75) is 64.7 Å². The molecule has 0 aliphatic carbocycles. The molecular weight excluding hydrogens is 252 g/mol.